The summed E-state index contributed by atoms with van der Waals surface area (Å²) in [4.78, 5) is 17.8. The van der Waals surface area contributed by atoms with Crippen molar-refractivity contribution in [2.45, 2.75) is 0 Å². The standard InChI is InChI=1S/C21H19N3O5S/c1-26-14-7-5-6-12(8-14)9-17-20(25)24-21(30-17)22-19(23-24)13-10-15(27-2)18(29-4)16(11-13)28-3/h5-11H,1-4H3/b17-9-. The number of thiazole rings is 1. The van der Waals surface area contributed by atoms with Gasteiger partial charge in [-0.3, -0.25) is 4.79 Å². The summed E-state index contributed by atoms with van der Waals surface area (Å²) in [5, 5.41) is 4.39. The summed E-state index contributed by atoms with van der Waals surface area (Å²) in [5.74, 6) is 2.56. The molecule has 154 valence electrons. The van der Waals surface area contributed by atoms with Crippen LogP contribution < -0.4 is 29.0 Å². The SMILES string of the molecule is COc1cccc(/C=c2\sc3nc(-c4cc(OC)c(OC)c(OC)c4)nn3c2=O)c1. The lowest BCUT2D eigenvalue weighted by Gasteiger charge is -2.12. The smallest absolute Gasteiger partial charge is 0.291 e. The molecule has 0 atom stereocenters. The van der Waals surface area contributed by atoms with E-state index >= 15 is 0 Å². The highest BCUT2D eigenvalue weighted by Gasteiger charge is 2.18. The van der Waals surface area contributed by atoms with Crippen molar-refractivity contribution in [3.63, 3.8) is 0 Å². The Labute approximate surface area is 175 Å². The van der Waals surface area contributed by atoms with Crippen LogP contribution in [0, 0.1) is 0 Å². The average Bonchev–Trinajstić information content (AvgIpc) is 3.32. The van der Waals surface area contributed by atoms with Crippen LogP contribution in [0.2, 0.25) is 0 Å². The van der Waals surface area contributed by atoms with Gasteiger partial charge in [0, 0.05) is 5.56 Å². The summed E-state index contributed by atoms with van der Waals surface area (Å²) in [6, 6.07) is 11.0. The summed E-state index contributed by atoms with van der Waals surface area (Å²) < 4.78 is 23.2. The van der Waals surface area contributed by atoms with Crippen molar-refractivity contribution in [1.82, 2.24) is 14.6 Å². The topological polar surface area (TPSA) is 84.2 Å². The fourth-order valence-corrected chi connectivity index (χ4v) is 3.96. The molecule has 4 aromatic rings. The number of benzene rings is 2. The van der Waals surface area contributed by atoms with Crippen LogP contribution in [-0.2, 0) is 0 Å². The Hall–Kier alpha value is -3.59. The third kappa shape index (κ3) is 3.43. The first-order valence-corrected chi connectivity index (χ1v) is 9.75. The molecule has 0 spiro atoms. The van der Waals surface area contributed by atoms with E-state index in [2.05, 4.69) is 10.1 Å². The normalized spacial score (nSPS) is 11.7. The van der Waals surface area contributed by atoms with E-state index < -0.39 is 0 Å². The van der Waals surface area contributed by atoms with Crippen LogP contribution in [0.3, 0.4) is 0 Å². The lowest BCUT2D eigenvalue weighted by Crippen LogP contribution is -2.23. The molecule has 0 fully saturated rings. The van der Waals surface area contributed by atoms with Crippen LogP contribution in [0.25, 0.3) is 22.4 Å². The molecule has 2 aromatic heterocycles. The van der Waals surface area contributed by atoms with E-state index in [-0.39, 0.29) is 5.56 Å². The van der Waals surface area contributed by atoms with Gasteiger partial charge in [0.2, 0.25) is 10.7 Å². The van der Waals surface area contributed by atoms with Crippen LogP contribution in [0.15, 0.2) is 41.2 Å². The fraction of sp³-hybridized carbons (Fsp3) is 0.190. The second kappa shape index (κ2) is 8.03. The molecule has 2 heterocycles. The molecule has 0 aliphatic rings. The van der Waals surface area contributed by atoms with Gasteiger partial charge >= 0.3 is 0 Å². The first-order valence-electron chi connectivity index (χ1n) is 8.93. The van der Waals surface area contributed by atoms with Gasteiger partial charge < -0.3 is 18.9 Å². The molecule has 4 rings (SSSR count). The van der Waals surface area contributed by atoms with Gasteiger partial charge in [-0.25, -0.2) is 0 Å². The maximum absolute atomic E-state index is 12.8. The van der Waals surface area contributed by atoms with Gasteiger partial charge in [0.1, 0.15) is 5.75 Å². The van der Waals surface area contributed by atoms with Crippen LogP contribution in [-0.4, -0.2) is 43.0 Å². The third-order valence-electron chi connectivity index (χ3n) is 4.50. The van der Waals surface area contributed by atoms with Gasteiger partial charge in [0.05, 0.1) is 33.0 Å². The Bertz CT molecular complexity index is 1300. The first-order chi connectivity index (χ1) is 14.6. The van der Waals surface area contributed by atoms with E-state index in [4.69, 9.17) is 18.9 Å². The van der Waals surface area contributed by atoms with Crippen LogP contribution in [0.1, 0.15) is 5.56 Å². The second-order valence-electron chi connectivity index (χ2n) is 6.24. The minimum Gasteiger partial charge on any atom is -0.497 e. The van der Waals surface area contributed by atoms with Crippen LogP contribution in [0.5, 0.6) is 23.0 Å². The molecule has 0 saturated carbocycles. The Balaban J connectivity index is 1.79. The fourth-order valence-electron chi connectivity index (χ4n) is 3.05. The van der Waals surface area contributed by atoms with Crippen LogP contribution in [0.4, 0.5) is 0 Å². The summed E-state index contributed by atoms with van der Waals surface area (Å²) in [6.45, 7) is 0. The summed E-state index contributed by atoms with van der Waals surface area (Å²) in [6.07, 6.45) is 1.80. The van der Waals surface area contributed by atoms with Crippen molar-refractivity contribution in [3.8, 4) is 34.4 Å². The summed E-state index contributed by atoms with van der Waals surface area (Å²) >= 11 is 1.27. The van der Waals surface area contributed by atoms with Crippen LogP contribution >= 0.6 is 11.3 Å². The van der Waals surface area contributed by atoms with Gasteiger partial charge in [-0.2, -0.15) is 9.50 Å². The largest absolute Gasteiger partial charge is 0.497 e. The highest BCUT2D eigenvalue weighted by molar-refractivity contribution is 7.15. The van der Waals surface area contributed by atoms with Crippen molar-refractivity contribution in [1.29, 1.82) is 0 Å². The monoisotopic (exact) mass is 425 g/mol. The molecule has 0 unspecified atom stereocenters. The molecule has 0 aliphatic carbocycles. The molecule has 9 heteroatoms. The van der Waals surface area contributed by atoms with E-state index in [0.717, 1.165) is 11.3 Å². The molecule has 0 radical (unpaired) electrons. The van der Waals surface area contributed by atoms with Gasteiger partial charge in [0.15, 0.2) is 17.3 Å². The molecule has 8 nitrogen and oxygen atoms in total. The number of fused-ring (bicyclic) bond motifs is 1. The minimum absolute atomic E-state index is 0.232. The lowest BCUT2D eigenvalue weighted by atomic mass is 10.1. The Morgan fingerprint density at radius 3 is 2.30 bits per heavy atom. The summed E-state index contributed by atoms with van der Waals surface area (Å²) in [7, 11) is 6.22. The van der Waals surface area contributed by atoms with Crippen molar-refractivity contribution >= 4 is 22.4 Å². The molecule has 0 amide bonds. The van der Waals surface area contributed by atoms with E-state index in [1.54, 1.807) is 25.3 Å². The molecular weight excluding hydrogens is 406 g/mol. The number of rotatable bonds is 6. The van der Waals surface area contributed by atoms with Gasteiger partial charge in [-0.05, 0) is 35.9 Å². The number of aromatic nitrogens is 3. The summed E-state index contributed by atoms with van der Waals surface area (Å²) in [5.41, 5.74) is 1.28. The predicted octanol–water partition coefficient (Wildman–Crippen LogP) is 2.40. The molecule has 0 bridgehead atoms. The molecule has 2 aromatic carbocycles. The zero-order chi connectivity index (χ0) is 21.3. The van der Waals surface area contributed by atoms with Crippen molar-refractivity contribution in [2.75, 3.05) is 28.4 Å². The number of hydrogen-bond donors (Lipinski definition) is 0. The highest BCUT2D eigenvalue weighted by Crippen LogP contribution is 2.40. The van der Waals surface area contributed by atoms with Gasteiger partial charge in [-0.15, -0.1) is 5.10 Å². The average molecular weight is 425 g/mol. The number of ether oxygens (including phenoxy) is 4. The first kappa shape index (κ1) is 19.7. The minimum atomic E-state index is -0.232. The van der Waals surface area contributed by atoms with Gasteiger partial charge in [-0.1, -0.05) is 23.5 Å². The molecule has 0 saturated heterocycles. The van der Waals surface area contributed by atoms with E-state index in [1.165, 1.54) is 37.2 Å². The number of methoxy groups -OCH3 is 4. The molecular formula is C21H19N3O5S. The van der Waals surface area contributed by atoms with Crippen molar-refractivity contribution in [2.24, 2.45) is 0 Å². The molecule has 0 N–H and O–H groups in total. The van der Waals surface area contributed by atoms with Gasteiger partial charge in [0.25, 0.3) is 5.56 Å². The molecule has 30 heavy (non-hydrogen) atoms. The second-order valence-corrected chi connectivity index (χ2v) is 7.25. The Morgan fingerprint density at radius 1 is 0.967 bits per heavy atom. The van der Waals surface area contributed by atoms with E-state index in [1.807, 2.05) is 24.3 Å². The zero-order valence-electron chi connectivity index (χ0n) is 16.8. The van der Waals surface area contributed by atoms with Crippen molar-refractivity contribution < 1.29 is 18.9 Å². The van der Waals surface area contributed by atoms with Crippen molar-refractivity contribution in [3.05, 3.63) is 56.8 Å². The lowest BCUT2D eigenvalue weighted by molar-refractivity contribution is 0.324. The predicted molar refractivity (Wildman–Crippen MR) is 114 cm³/mol. The number of nitrogens with zero attached hydrogens (tertiary/aromatic N) is 3. The Kier molecular flexibility index (Phi) is 5.28. The Morgan fingerprint density at radius 2 is 1.70 bits per heavy atom. The third-order valence-corrected chi connectivity index (χ3v) is 5.46. The molecule has 0 aliphatic heterocycles. The van der Waals surface area contributed by atoms with E-state index in [0.29, 0.717) is 38.1 Å². The maximum Gasteiger partial charge on any atom is 0.291 e. The van der Waals surface area contributed by atoms with E-state index in [9.17, 15) is 4.79 Å². The zero-order valence-corrected chi connectivity index (χ0v) is 17.6. The highest BCUT2D eigenvalue weighted by atomic mass is 32.1. The quantitative estimate of drug-likeness (QED) is 0.469. The number of hydrogen-bond acceptors (Lipinski definition) is 8. The maximum atomic E-state index is 12.8.